The second kappa shape index (κ2) is 13.0. The van der Waals surface area contributed by atoms with Gasteiger partial charge >= 0.3 is 0 Å². The third-order valence-corrected chi connectivity index (χ3v) is 3.81. The third kappa shape index (κ3) is 13.2. The highest BCUT2D eigenvalue weighted by atomic mass is 32.1. The molecule has 0 aliphatic rings. The van der Waals surface area contributed by atoms with E-state index in [0.29, 0.717) is 0 Å². The van der Waals surface area contributed by atoms with Gasteiger partial charge in [0.2, 0.25) is 0 Å². The minimum Gasteiger partial charge on any atom is -0.363 e. The second-order valence-electron chi connectivity index (χ2n) is 6.69. The monoisotopic (exact) mass is 331 g/mol. The molecule has 0 saturated carbocycles. The summed E-state index contributed by atoms with van der Waals surface area (Å²) in [7, 11) is 12.7. The fourth-order valence-electron chi connectivity index (χ4n) is 2.17. The van der Waals surface area contributed by atoms with Crippen molar-refractivity contribution in [1.29, 1.82) is 0 Å². The first kappa shape index (κ1) is 21.6. The molecule has 0 saturated heterocycles. The third-order valence-electron chi connectivity index (χ3n) is 3.41. The molecule has 0 fully saturated rings. The number of nitrogens with zero attached hydrogens (tertiary/aromatic N) is 4. The van der Waals surface area contributed by atoms with Crippen molar-refractivity contribution in [2.75, 3.05) is 81.6 Å². The Labute approximate surface area is 143 Å². The Hall–Kier alpha value is -0.430. The van der Waals surface area contributed by atoms with Gasteiger partial charge in [0.1, 0.15) is 0 Å². The van der Waals surface area contributed by atoms with Crippen molar-refractivity contribution >= 4 is 17.3 Å². The molecule has 6 heteroatoms. The van der Waals surface area contributed by atoms with E-state index in [4.69, 9.17) is 12.2 Å². The molecule has 1 N–H and O–H groups in total. The number of hydrogen-bond acceptors (Lipinski definition) is 4. The van der Waals surface area contributed by atoms with Gasteiger partial charge in [0.25, 0.3) is 0 Å². The minimum absolute atomic E-state index is 0.913. The predicted molar refractivity (Wildman–Crippen MR) is 102 cm³/mol. The molecule has 0 aliphatic heterocycles. The lowest BCUT2D eigenvalue weighted by atomic mass is 10.3. The summed E-state index contributed by atoms with van der Waals surface area (Å²) in [6, 6.07) is 0. The van der Waals surface area contributed by atoms with Crippen LogP contribution in [0.15, 0.2) is 0 Å². The Morgan fingerprint density at radius 3 is 1.50 bits per heavy atom. The topological polar surface area (TPSA) is 25.0 Å². The van der Waals surface area contributed by atoms with Crippen LogP contribution in [0.25, 0.3) is 0 Å². The van der Waals surface area contributed by atoms with Gasteiger partial charge in [0, 0.05) is 19.6 Å². The van der Waals surface area contributed by atoms with Crippen LogP contribution in [0.4, 0.5) is 0 Å². The molecule has 0 spiro atoms. The molecule has 0 unspecified atom stereocenters. The first-order valence-corrected chi connectivity index (χ1v) is 8.70. The van der Waals surface area contributed by atoms with Gasteiger partial charge in [0.05, 0.1) is 0 Å². The van der Waals surface area contributed by atoms with Gasteiger partial charge in [-0.25, -0.2) is 0 Å². The van der Waals surface area contributed by atoms with E-state index in [1.54, 1.807) is 0 Å². The molecule has 0 aliphatic carbocycles. The zero-order chi connectivity index (χ0) is 17.0. The highest BCUT2D eigenvalue weighted by Crippen LogP contribution is 1.98. The smallest absolute Gasteiger partial charge is 0.168 e. The maximum absolute atomic E-state index is 5.59. The average molecular weight is 332 g/mol. The van der Waals surface area contributed by atoms with Crippen LogP contribution in [0.3, 0.4) is 0 Å². The minimum atomic E-state index is 0.913. The zero-order valence-electron chi connectivity index (χ0n) is 15.6. The Balaban J connectivity index is 4.13. The lowest BCUT2D eigenvalue weighted by molar-refractivity contribution is 0.320. The van der Waals surface area contributed by atoms with Crippen LogP contribution in [0.2, 0.25) is 0 Å². The van der Waals surface area contributed by atoms with Crippen LogP contribution < -0.4 is 5.32 Å². The van der Waals surface area contributed by atoms with E-state index in [0.717, 1.165) is 63.6 Å². The van der Waals surface area contributed by atoms with Gasteiger partial charge in [0.15, 0.2) is 5.11 Å². The van der Waals surface area contributed by atoms with Crippen LogP contribution >= 0.6 is 12.2 Å². The standard InChI is InChI=1S/C16H37N5S/c1-18(2)11-7-10-17-16(22)21(14-8-12-19(3)4)15-9-13-20(5)6/h7-15H2,1-6H3,(H,17,22). The molecule has 0 aromatic carbocycles. The van der Waals surface area contributed by atoms with Crippen molar-refractivity contribution in [3.8, 4) is 0 Å². The molecule has 0 radical (unpaired) electrons. The fourth-order valence-corrected chi connectivity index (χ4v) is 2.46. The SMILES string of the molecule is CN(C)CCCNC(=S)N(CCCN(C)C)CCCN(C)C. The number of hydrogen-bond donors (Lipinski definition) is 1. The molecule has 0 heterocycles. The Morgan fingerprint density at radius 1 is 0.682 bits per heavy atom. The summed E-state index contributed by atoms with van der Waals surface area (Å²) in [5, 5.41) is 4.33. The fraction of sp³-hybridized carbons (Fsp3) is 0.938. The van der Waals surface area contributed by atoms with Crippen molar-refractivity contribution < 1.29 is 0 Å². The van der Waals surface area contributed by atoms with Crippen molar-refractivity contribution in [3.63, 3.8) is 0 Å². The molecule has 132 valence electrons. The van der Waals surface area contributed by atoms with E-state index in [1.165, 1.54) is 0 Å². The molecule has 0 bridgehead atoms. The van der Waals surface area contributed by atoms with Crippen LogP contribution in [-0.2, 0) is 0 Å². The van der Waals surface area contributed by atoms with Gasteiger partial charge in [-0.2, -0.15) is 0 Å². The molecule has 0 amide bonds. The highest BCUT2D eigenvalue weighted by Gasteiger charge is 2.09. The summed E-state index contributed by atoms with van der Waals surface area (Å²) in [5.74, 6) is 0. The maximum Gasteiger partial charge on any atom is 0.168 e. The normalized spacial score (nSPS) is 11.5. The van der Waals surface area contributed by atoms with Crippen molar-refractivity contribution in [1.82, 2.24) is 24.9 Å². The lowest BCUT2D eigenvalue weighted by Crippen LogP contribution is -2.42. The Morgan fingerprint density at radius 2 is 1.09 bits per heavy atom. The Bertz CT molecular complexity index is 268. The first-order chi connectivity index (χ1) is 10.3. The molecule has 0 aromatic heterocycles. The van der Waals surface area contributed by atoms with E-state index in [1.807, 2.05) is 0 Å². The van der Waals surface area contributed by atoms with E-state index in [9.17, 15) is 0 Å². The number of thiocarbonyl (C=S) groups is 1. The summed E-state index contributed by atoms with van der Waals surface area (Å²) in [5.41, 5.74) is 0. The maximum atomic E-state index is 5.59. The number of rotatable bonds is 12. The van der Waals surface area contributed by atoms with Gasteiger partial charge in [-0.05, 0) is 93.4 Å². The van der Waals surface area contributed by atoms with Crippen LogP contribution in [0.5, 0.6) is 0 Å². The molecule has 0 aromatic rings. The summed E-state index contributed by atoms with van der Waals surface area (Å²) < 4.78 is 0. The largest absolute Gasteiger partial charge is 0.363 e. The number of nitrogens with one attached hydrogen (secondary N) is 1. The average Bonchev–Trinajstić information content (AvgIpc) is 2.40. The van der Waals surface area contributed by atoms with Crippen LogP contribution in [0.1, 0.15) is 19.3 Å². The summed E-state index contributed by atoms with van der Waals surface area (Å²) >= 11 is 5.59. The van der Waals surface area contributed by atoms with E-state index in [-0.39, 0.29) is 0 Å². The zero-order valence-corrected chi connectivity index (χ0v) is 16.4. The molecular weight excluding hydrogens is 294 g/mol. The molecule has 0 atom stereocenters. The lowest BCUT2D eigenvalue weighted by Gasteiger charge is -2.27. The quantitative estimate of drug-likeness (QED) is 0.423. The van der Waals surface area contributed by atoms with Gasteiger partial charge in [-0.15, -0.1) is 0 Å². The summed E-state index contributed by atoms with van der Waals surface area (Å²) in [4.78, 5) is 8.99. The highest BCUT2D eigenvalue weighted by molar-refractivity contribution is 7.80. The van der Waals surface area contributed by atoms with Crippen LogP contribution in [0, 0.1) is 0 Å². The van der Waals surface area contributed by atoms with Crippen molar-refractivity contribution in [2.45, 2.75) is 19.3 Å². The Kier molecular flexibility index (Phi) is 12.8. The second-order valence-corrected chi connectivity index (χ2v) is 7.08. The molecule has 5 nitrogen and oxygen atoms in total. The van der Waals surface area contributed by atoms with Crippen molar-refractivity contribution in [3.05, 3.63) is 0 Å². The van der Waals surface area contributed by atoms with E-state index >= 15 is 0 Å². The van der Waals surface area contributed by atoms with Gasteiger partial charge in [-0.3, -0.25) is 0 Å². The summed E-state index contributed by atoms with van der Waals surface area (Å²) in [6.45, 7) is 6.32. The van der Waals surface area contributed by atoms with E-state index < -0.39 is 0 Å². The van der Waals surface area contributed by atoms with Crippen LogP contribution in [-0.4, -0.2) is 106 Å². The molecule has 22 heavy (non-hydrogen) atoms. The van der Waals surface area contributed by atoms with E-state index in [2.05, 4.69) is 67.2 Å². The van der Waals surface area contributed by atoms with Gasteiger partial charge < -0.3 is 24.9 Å². The van der Waals surface area contributed by atoms with Gasteiger partial charge in [-0.1, -0.05) is 0 Å². The molecule has 0 rings (SSSR count). The predicted octanol–water partition coefficient (Wildman–Crippen LogP) is 1.02. The first-order valence-electron chi connectivity index (χ1n) is 8.30. The molecular formula is C16H37N5S. The van der Waals surface area contributed by atoms with Crippen molar-refractivity contribution in [2.24, 2.45) is 0 Å². The summed E-state index contributed by atoms with van der Waals surface area (Å²) in [6.07, 6.45) is 3.42.